The van der Waals surface area contributed by atoms with Gasteiger partial charge in [0.2, 0.25) is 0 Å². The zero-order valence-corrected chi connectivity index (χ0v) is 15.2. The quantitative estimate of drug-likeness (QED) is 0.151. The van der Waals surface area contributed by atoms with Gasteiger partial charge in [-0.1, -0.05) is 0 Å². The van der Waals surface area contributed by atoms with Gasteiger partial charge in [0, 0.05) is 12.6 Å². The molecular weight excluding hydrogens is 376 g/mol. The number of nitrogens with two attached hydrogens (primary N) is 6. The van der Waals surface area contributed by atoms with E-state index in [1.54, 1.807) is 0 Å². The highest BCUT2D eigenvalue weighted by atomic mass is 16.7. The predicted molar refractivity (Wildman–Crippen MR) is 98.4 cm³/mol. The first kappa shape index (κ1) is 22.5. The number of nitrogens with zero attached hydrogens (tertiary/aromatic N) is 2. The molecule has 0 bridgehead atoms. The summed E-state index contributed by atoms with van der Waals surface area (Å²) >= 11 is 0. The molecule has 0 spiro atoms. The van der Waals surface area contributed by atoms with Crippen molar-refractivity contribution < 1.29 is 29.9 Å². The molecule has 2 aliphatic rings. The molecule has 0 aromatic carbocycles. The number of guanidine groups is 2. The molecule has 1 heterocycles. The van der Waals surface area contributed by atoms with Gasteiger partial charge in [0.1, 0.15) is 36.6 Å². The van der Waals surface area contributed by atoms with Crippen molar-refractivity contribution in [3.05, 3.63) is 0 Å². The van der Waals surface area contributed by atoms with E-state index in [2.05, 4.69) is 9.98 Å². The van der Waals surface area contributed by atoms with Crippen molar-refractivity contribution >= 4 is 11.9 Å². The van der Waals surface area contributed by atoms with Gasteiger partial charge >= 0.3 is 0 Å². The molecule has 14 nitrogen and oxygen atoms in total. The molecule has 14 heteroatoms. The monoisotopic (exact) mass is 406 g/mol. The summed E-state index contributed by atoms with van der Waals surface area (Å²) in [6.45, 7) is -0.134. The van der Waals surface area contributed by atoms with Crippen LogP contribution in [0.1, 0.15) is 6.42 Å². The molecule has 1 saturated carbocycles. The van der Waals surface area contributed by atoms with Crippen molar-refractivity contribution in [2.45, 2.75) is 67.5 Å². The van der Waals surface area contributed by atoms with Gasteiger partial charge in [0.05, 0.1) is 12.1 Å². The van der Waals surface area contributed by atoms with E-state index < -0.39 is 61.0 Å². The largest absolute Gasteiger partial charge is 0.389 e. The molecule has 1 saturated heterocycles. The van der Waals surface area contributed by atoms with Crippen LogP contribution in [0, 0.1) is 0 Å². The van der Waals surface area contributed by atoms with E-state index in [4.69, 9.17) is 43.9 Å². The van der Waals surface area contributed by atoms with Gasteiger partial charge in [0.25, 0.3) is 0 Å². The van der Waals surface area contributed by atoms with Crippen molar-refractivity contribution in [3.8, 4) is 0 Å². The van der Waals surface area contributed by atoms with Gasteiger partial charge in [-0.3, -0.25) is 0 Å². The molecule has 0 amide bonds. The molecule has 0 radical (unpaired) electrons. The van der Waals surface area contributed by atoms with Crippen LogP contribution >= 0.6 is 0 Å². The number of aliphatic hydroxyl groups excluding tert-OH is 4. The smallest absolute Gasteiger partial charge is 0.186 e. The molecule has 2 rings (SSSR count). The summed E-state index contributed by atoms with van der Waals surface area (Å²) in [7, 11) is 0. The molecule has 0 aromatic rings. The topological polar surface area (TPSA) is 280 Å². The fourth-order valence-corrected chi connectivity index (χ4v) is 3.40. The first-order valence-corrected chi connectivity index (χ1v) is 8.73. The van der Waals surface area contributed by atoms with E-state index >= 15 is 0 Å². The number of ether oxygens (including phenoxy) is 2. The third kappa shape index (κ3) is 4.79. The predicted octanol–water partition coefficient (Wildman–Crippen LogP) is -6.49. The summed E-state index contributed by atoms with van der Waals surface area (Å²) in [5, 5.41) is 41.1. The van der Waals surface area contributed by atoms with E-state index in [1.807, 2.05) is 0 Å². The Balaban J connectivity index is 2.33. The second-order valence-electron chi connectivity index (χ2n) is 6.91. The number of aliphatic imine (C=N–C) groups is 2. The maximum atomic E-state index is 10.4. The van der Waals surface area contributed by atoms with Crippen LogP contribution in [0.15, 0.2) is 9.98 Å². The van der Waals surface area contributed by atoms with E-state index in [-0.39, 0.29) is 24.9 Å². The van der Waals surface area contributed by atoms with E-state index in [0.717, 1.165) is 0 Å². The molecule has 1 aliphatic carbocycles. The average Bonchev–Trinajstić information content (AvgIpc) is 2.61. The van der Waals surface area contributed by atoms with E-state index in [0.29, 0.717) is 0 Å². The van der Waals surface area contributed by atoms with Crippen molar-refractivity contribution in [3.63, 3.8) is 0 Å². The van der Waals surface area contributed by atoms with Crippen LogP contribution in [0.25, 0.3) is 0 Å². The maximum Gasteiger partial charge on any atom is 0.186 e. The first-order chi connectivity index (χ1) is 13.1. The van der Waals surface area contributed by atoms with Crippen molar-refractivity contribution in [1.29, 1.82) is 0 Å². The van der Waals surface area contributed by atoms with Crippen LogP contribution in [-0.2, 0) is 9.47 Å². The zero-order valence-electron chi connectivity index (χ0n) is 15.2. The lowest BCUT2D eigenvalue weighted by atomic mass is 9.84. The minimum Gasteiger partial charge on any atom is -0.389 e. The third-order valence-corrected chi connectivity index (χ3v) is 4.82. The maximum absolute atomic E-state index is 10.4. The standard InChI is InChI=1S/C14H30N8O6/c15-2-5-8(24)9(25)6(22-14(19)20)12(27-5)28-11-4(21-13(17)18)1-3(16)7(23)10(11)26/h3-12,23-26H,1-2,15-16H2,(H4,17,18,21)(H4,19,20,22)/t3-,4+,5+,6+,7+,8+,9+,10-,11-,12+/m0/s1. The Kier molecular flexibility index (Phi) is 7.35. The molecular formula is C14H30N8O6. The second-order valence-corrected chi connectivity index (χ2v) is 6.91. The Hall–Kier alpha value is -1.78. The third-order valence-electron chi connectivity index (χ3n) is 4.82. The molecule has 2 fully saturated rings. The van der Waals surface area contributed by atoms with Gasteiger partial charge in [-0.15, -0.1) is 0 Å². The van der Waals surface area contributed by atoms with Gasteiger partial charge in [-0.05, 0) is 6.42 Å². The van der Waals surface area contributed by atoms with Crippen molar-refractivity contribution in [1.82, 2.24) is 0 Å². The highest BCUT2D eigenvalue weighted by Gasteiger charge is 2.49. The molecule has 16 N–H and O–H groups in total. The van der Waals surface area contributed by atoms with Crippen molar-refractivity contribution in [2.75, 3.05) is 6.54 Å². The Morgan fingerprint density at radius 1 is 0.929 bits per heavy atom. The number of aliphatic hydroxyl groups is 4. The normalized spacial score (nSPS) is 43.9. The summed E-state index contributed by atoms with van der Waals surface area (Å²) in [4.78, 5) is 7.84. The number of hydrogen-bond acceptors (Lipinski definition) is 10. The summed E-state index contributed by atoms with van der Waals surface area (Å²) in [6, 6.07) is -2.85. The lowest BCUT2D eigenvalue weighted by molar-refractivity contribution is -0.287. The molecule has 10 atom stereocenters. The summed E-state index contributed by atoms with van der Waals surface area (Å²) < 4.78 is 11.4. The van der Waals surface area contributed by atoms with Crippen molar-refractivity contribution in [2.24, 2.45) is 44.4 Å². The van der Waals surface area contributed by atoms with Gasteiger partial charge in [-0.2, -0.15) is 0 Å². The van der Waals surface area contributed by atoms with Crippen LogP contribution in [0.2, 0.25) is 0 Å². The highest BCUT2D eigenvalue weighted by Crippen LogP contribution is 2.30. The highest BCUT2D eigenvalue weighted by molar-refractivity contribution is 5.76. The van der Waals surface area contributed by atoms with Crippen LogP contribution in [0.4, 0.5) is 0 Å². The fraction of sp³-hybridized carbons (Fsp3) is 0.857. The van der Waals surface area contributed by atoms with E-state index in [9.17, 15) is 20.4 Å². The molecule has 162 valence electrons. The van der Waals surface area contributed by atoms with Gasteiger partial charge < -0.3 is 64.3 Å². The van der Waals surface area contributed by atoms with Crippen LogP contribution in [0.5, 0.6) is 0 Å². The minimum atomic E-state index is -1.47. The summed E-state index contributed by atoms with van der Waals surface area (Å²) in [6.07, 6.45) is -9.01. The van der Waals surface area contributed by atoms with Gasteiger partial charge in [0.15, 0.2) is 18.2 Å². The van der Waals surface area contributed by atoms with Gasteiger partial charge in [-0.25, -0.2) is 9.98 Å². The summed E-state index contributed by atoms with van der Waals surface area (Å²) in [5.41, 5.74) is 33.0. The Morgan fingerprint density at radius 2 is 1.54 bits per heavy atom. The number of hydrogen-bond donors (Lipinski definition) is 10. The SMILES string of the molecule is NC[C@H]1O[C@H](O[C@@H]2[C@@H](O)[C@H](O)[C@@H](N)C[C@H]2N=C(N)N)[C@H](N=C(N)N)[C@@H](O)[C@@H]1O. The first-order valence-electron chi connectivity index (χ1n) is 8.73. The minimum absolute atomic E-state index is 0.103. The molecule has 1 aliphatic heterocycles. The lowest BCUT2D eigenvalue weighted by Gasteiger charge is -2.45. The van der Waals surface area contributed by atoms with E-state index in [1.165, 1.54) is 0 Å². The average molecular weight is 406 g/mol. The fourth-order valence-electron chi connectivity index (χ4n) is 3.40. The molecule has 0 aromatic heterocycles. The zero-order chi connectivity index (χ0) is 21.2. The van der Waals surface area contributed by atoms with Crippen LogP contribution in [0.3, 0.4) is 0 Å². The Morgan fingerprint density at radius 3 is 2.07 bits per heavy atom. The number of rotatable bonds is 5. The Bertz CT molecular complexity index is 586. The summed E-state index contributed by atoms with van der Waals surface area (Å²) in [5.74, 6) is -0.651. The van der Waals surface area contributed by atoms with Crippen LogP contribution in [-0.4, -0.2) is 99.9 Å². The Labute approximate surface area is 161 Å². The lowest BCUT2D eigenvalue weighted by Crippen LogP contribution is -2.64. The second kappa shape index (κ2) is 9.15. The molecule has 28 heavy (non-hydrogen) atoms. The van der Waals surface area contributed by atoms with Crippen LogP contribution < -0.4 is 34.4 Å². The molecule has 0 unspecified atom stereocenters.